The molecular formula is C24H29F3N2O5. The van der Waals surface area contributed by atoms with E-state index < -0.39 is 36.1 Å². The normalized spacial score (nSPS) is 18.4. The Balaban J connectivity index is 0.00000199. The van der Waals surface area contributed by atoms with Gasteiger partial charge >= 0.3 is 18.4 Å². The highest BCUT2D eigenvalue weighted by molar-refractivity contribution is 5.83. The second-order valence-electron chi connectivity index (χ2n) is 8.36. The van der Waals surface area contributed by atoms with E-state index >= 15 is 0 Å². The molecule has 10 heteroatoms. The van der Waals surface area contributed by atoms with E-state index in [-0.39, 0.29) is 18.8 Å². The van der Waals surface area contributed by atoms with E-state index in [0.717, 1.165) is 17.7 Å². The average molecular weight is 482 g/mol. The van der Waals surface area contributed by atoms with Gasteiger partial charge in [0.25, 0.3) is 0 Å². The van der Waals surface area contributed by atoms with Crippen molar-refractivity contribution >= 4 is 12.1 Å². The van der Waals surface area contributed by atoms with E-state index in [1.54, 1.807) is 20.8 Å². The summed E-state index contributed by atoms with van der Waals surface area (Å²) in [7, 11) is 1.50. The van der Waals surface area contributed by atoms with Crippen molar-refractivity contribution in [3.8, 4) is 5.75 Å². The summed E-state index contributed by atoms with van der Waals surface area (Å²) in [5.74, 6) is -0.989. The van der Waals surface area contributed by atoms with Crippen molar-refractivity contribution in [3.05, 3.63) is 65.7 Å². The van der Waals surface area contributed by atoms with Crippen molar-refractivity contribution in [2.24, 2.45) is 5.73 Å². The van der Waals surface area contributed by atoms with Gasteiger partial charge in [0.2, 0.25) is 0 Å². The Hall–Kier alpha value is -3.27. The van der Waals surface area contributed by atoms with Crippen LogP contribution in [-0.4, -0.2) is 48.6 Å². The van der Waals surface area contributed by atoms with Crippen molar-refractivity contribution in [2.45, 2.75) is 51.2 Å². The predicted octanol–water partition coefficient (Wildman–Crippen LogP) is 4.61. The molecule has 2 aromatic carbocycles. The lowest BCUT2D eigenvalue weighted by atomic mass is 9.98. The first-order valence-electron chi connectivity index (χ1n) is 10.6. The zero-order chi connectivity index (χ0) is 25.5. The molecule has 1 heterocycles. The Labute approximate surface area is 196 Å². The van der Waals surface area contributed by atoms with Crippen LogP contribution in [0.25, 0.3) is 0 Å². The van der Waals surface area contributed by atoms with Gasteiger partial charge in [-0.25, -0.2) is 9.59 Å². The zero-order valence-electron chi connectivity index (χ0n) is 19.5. The molecule has 1 aliphatic heterocycles. The fourth-order valence-corrected chi connectivity index (χ4v) is 3.40. The Kier molecular flexibility index (Phi) is 8.92. The number of ether oxygens (including phenoxy) is 3. The lowest BCUT2D eigenvalue weighted by Gasteiger charge is -2.41. The summed E-state index contributed by atoms with van der Waals surface area (Å²) in [6.07, 6.45) is -5.44. The summed E-state index contributed by atoms with van der Waals surface area (Å²) in [4.78, 5) is 27.1. The molecule has 0 aromatic heterocycles. The standard InChI is InChI=1S/C23H24F3NO5.CH5N/c1-22(2,3)32-21(29)27-18(13-15-9-11-17(12-10-15)31-23(24,25)26)20(28)30-14-19(27)16-7-5-4-6-8-16;1-2/h4-12,18-19H,13-14H2,1-3H3;2H2,1H3/t18?,19-;/m0./s1. The van der Waals surface area contributed by atoms with Gasteiger partial charge in [-0.15, -0.1) is 13.2 Å². The van der Waals surface area contributed by atoms with Crippen LogP contribution in [-0.2, 0) is 20.7 Å². The Morgan fingerprint density at radius 3 is 2.18 bits per heavy atom. The molecule has 1 fully saturated rings. The number of cyclic esters (lactones) is 1. The molecule has 1 aliphatic rings. The summed E-state index contributed by atoms with van der Waals surface area (Å²) >= 11 is 0. The summed E-state index contributed by atoms with van der Waals surface area (Å²) in [6, 6.07) is 12.6. The fourth-order valence-electron chi connectivity index (χ4n) is 3.40. The largest absolute Gasteiger partial charge is 0.573 e. The van der Waals surface area contributed by atoms with E-state index in [0.29, 0.717) is 5.56 Å². The molecule has 2 N–H and O–H groups in total. The number of carbonyl (C=O) groups excluding carboxylic acids is 2. The van der Waals surface area contributed by atoms with Gasteiger partial charge in [-0.1, -0.05) is 42.5 Å². The van der Waals surface area contributed by atoms with Crippen molar-refractivity contribution in [3.63, 3.8) is 0 Å². The zero-order valence-corrected chi connectivity index (χ0v) is 19.5. The van der Waals surface area contributed by atoms with Crippen molar-refractivity contribution in [1.29, 1.82) is 0 Å². The molecule has 0 spiro atoms. The number of alkyl halides is 3. The number of halogens is 3. The predicted molar refractivity (Wildman–Crippen MR) is 119 cm³/mol. The topological polar surface area (TPSA) is 91.1 Å². The minimum Gasteiger partial charge on any atom is -0.462 e. The third-order valence-corrected chi connectivity index (χ3v) is 4.70. The van der Waals surface area contributed by atoms with Gasteiger partial charge < -0.3 is 19.9 Å². The van der Waals surface area contributed by atoms with Crippen LogP contribution in [0, 0.1) is 0 Å². The molecule has 2 atom stereocenters. The molecule has 7 nitrogen and oxygen atoms in total. The van der Waals surface area contributed by atoms with Gasteiger partial charge in [0.05, 0.1) is 6.04 Å². The van der Waals surface area contributed by atoms with E-state index in [9.17, 15) is 22.8 Å². The van der Waals surface area contributed by atoms with Gasteiger partial charge in [-0.05, 0) is 51.1 Å². The smallest absolute Gasteiger partial charge is 0.462 e. The van der Waals surface area contributed by atoms with Crippen LogP contribution in [0.1, 0.15) is 37.9 Å². The molecule has 1 saturated heterocycles. The van der Waals surface area contributed by atoms with Crippen LogP contribution in [0.2, 0.25) is 0 Å². The number of esters is 1. The van der Waals surface area contributed by atoms with Crippen molar-refractivity contribution in [2.75, 3.05) is 13.7 Å². The number of hydrogen-bond donors (Lipinski definition) is 1. The number of amides is 1. The van der Waals surface area contributed by atoms with Gasteiger partial charge in [0, 0.05) is 6.42 Å². The molecule has 1 amide bonds. The highest BCUT2D eigenvalue weighted by atomic mass is 19.4. The second-order valence-corrected chi connectivity index (χ2v) is 8.36. The molecule has 2 aromatic rings. The number of benzene rings is 2. The monoisotopic (exact) mass is 482 g/mol. The number of nitrogens with zero attached hydrogens (tertiary/aromatic N) is 1. The maximum Gasteiger partial charge on any atom is 0.573 e. The van der Waals surface area contributed by atoms with Gasteiger partial charge in [0.15, 0.2) is 0 Å². The molecular weight excluding hydrogens is 453 g/mol. The SMILES string of the molecule is CC(C)(C)OC(=O)N1C(Cc2ccc(OC(F)(F)F)cc2)C(=O)OC[C@H]1c1ccccc1.CN. The molecule has 3 rings (SSSR count). The van der Waals surface area contributed by atoms with Crippen molar-refractivity contribution in [1.82, 2.24) is 4.90 Å². The quantitative estimate of drug-likeness (QED) is 0.641. The van der Waals surface area contributed by atoms with Gasteiger partial charge in [0.1, 0.15) is 24.0 Å². The van der Waals surface area contributed by atoms with Crippen LogP contribution < -0.4 is 10.5 Å². The third-order valence-electron chi connectivity index (χ3n) is 4.70. The number of hydrogen-bond acceptors (Lipinski definition) is 6. The maximum atomic E-state index is 13.1. The molecule has 186 valence electrons. The third kappa shape index (κ3) is 7.65. The van der Waals surface area contributed by atoms with Crippen LogP contribution >= 0.6 is 0 Å². The van der Waals surface area contributed by atoms with Crippen molar-refractivity contribution < 1.29 is 37.0 Å². The van der Waals surface area contributed by atoms with Crippen LogP contribution in [0.5, 0.6) is 5.75 Å². The summed E-state index contributed by atoms with van der Waals surface area (Å²) in [6.45, 7) is 5.13. The summed E-state index contributed by atoms with van der Waals surface area (Å²) in [5, 5.41) is 0. The summed E-state index contributed by atoms with van der Waals surface area (Å²) < 4.78 is 52.0. The lowest BCUT2D eigenvalue weighted by Crippen LogP contribution is -2.55. The van der Waals surface area contributed by atoms with Crippen LogP contribution in [0.4, 0.5) is 18.0 Å². The molecule has 0 radical (unpaired) electrons. The molecule has 0 bridgehead atoms. The second kappa shape index (κ2) is 11.2. The van der Waals surface area contributed by atoms with Gasteiger partial charge in [-0.2, -0.15) is 0 Å². The average Bonchev–Trinajstić information content (AvgIpc) is 2.76. The summed E-state index contributed by atoms with van der Waals surface area (Å²) in [5.41, 5.74) is 5.01. The molecule has 0 saturated carbocycles. The van der Waals surface area contributed by atoms with E-state index in [1.807, 2.05) is 30.3 Å². The number of nitrogens with two attached hydrogens (primary N) is 1. The lowest BCUT2D eigenvalue weighted by molar-refractivity contribution is -0.274. The first-order chi connectivity index (χ1) is 15.9. The molecule has 34 heavy (non-hydrogen) atoms. The highest BCUT2D eigenvalue weighted by Crippen LogP contribution is 2.32. The first kappa shape index (κ1) is 27.0. The van der Waals surface area contributed by atoms with Crippen LogP contribution in [0.3, 0.4) is 0 Å². The maximum absolute atomic E-state index is 13.1. The van der Waals surface area contributed by atoms with E-state index in [4.69, 9.17) is 9.47 Å². The number of rotatable bonds is 4. The molecule has 1 unspecified atom stereocenters. The first-order valence-corrected chi connectivity index (χ1v) is 10.6. The van der Waals surface area contributed by atoms with Gasteiger partial charge in [-0.3, -0.25) is 4.90 Å². The minimum absolute atomic E-state index is 0.0308. The molecule has 0 aliphatic carbocycles. The van der Waals surface area contributed by atoms with E-state index in [1.165, 1.54) is 24.1 Å². The van der Waals surface area contributed by atoms with E-state index in [2.05, 4.69) is 10.5 Å². The number of morpholine rings is 1. The Morgan fingerprint density at radius 2 is 1.65 bits per heavy atom. The highest BCUT2D eigenvalue weighted by Gasteiger charge is 2.43. The minimum atomic E-state index is -4.80. The Bertz CT molecular complexity index is 944. The fraction of sp³-hybridized carbons (Fsp3) is 0.417. The Morgan fingerprint density at radius 1 is 1.06 bits per heavy atom. The number of carbonyl (C=O) groups is 2. The van der Waals surface area contributed by atoms with Crippen LogP contribution in [0.15, 0.2) is 54.6 Å².